The number of hydrogen-bond donors (Lipinski definition) is 1. The molecule has 2 unspecified atom stereocenters. The third-order valence-corrected chi connectivity index (χ3v) is 3.70. The number of nitrogens with zero attached hydrogens (tertiary/aromatic N) is 1. The molecular formula is C15H22N2O3. The normalized spacial score (nSPS) is 22.4. The zero-order valence-electron chi connectivity index (χ0n) is 12.5. The fourth-order valence-corrected chi connectivity index (χ4v) is 2.45. The van der Waals surface area contributed by atoms with Crippen LogP contribution in [0.15, 0.2) is 22.8 Å². The smallest absolute Gasteiger partial charge is 0.246 e. The van der Waals surface area contributed by atoms with Gasteiger partial charge in [0.2, 0.25) is 11.8 Å². The molecule has 1 saturated heterocycles. The van der Waals surface area contributed by atoms with E-state index in [4.69, 9.17) is 4.42 Å². The molecule has 5 heteroatoms. The summed E-state index contributed by atoms with van der Waals surface area (Å²) in [5, 5.41) is 2.84. The molecule has 1 fully saturated rings. The van der Waals surface area contributed by atoms with Gasteiger partial charge in [-0.15, -0.1) is 0 Å². The van der Waals surface area contributed by atoms with E-state index in [2.05, 4.69) is 5.32 Å². The first-order chi connectivity index (χ1) is 9.30. The molecule has 1 aliphatic heterocycles. The van der Waals surface area contributed by atoms with Gasteiger partial charge in [0, 0.05) is 13.0 Å². The van der Waals surface area contributed by atoms with Gasteiger partial charge in [0.25, 0.3) is 0 Å². The van der Waals surface area contributed by atoms with Crippen LogP contribution in [0.5, 0.6) is 0 Å². The van der Waals surface area contributed by atoms with Crippen molar-refractivity contribution >= 4 is 11.8 Å². The Balaban J connectivity index is 2.28. The van der Waals surface area contributed by atoms with Crippen LogP contribution in [0, 0.1) is 5.41 Å². The first-order valence-corrected chi connectivity index (χ1v) is 6.94. The largest absolute Gasteiger partial charge is 0.467 e. The zero-order valence-corrected chi connectivity index (χ0v) is 12.5. The number of carbonyl (C=O) groups is 2. The molecule has 1 N–H and O–H groups in total. The first-order valence-electron chi connectivity index (χ1n) is 6.94. The fraction of sp³-hybridized carbons (Fsp3) is 0.600. The van der Waals surface area contributed by atoms with Gasteiger partial charge in [0.05, 0.1) is 12.3 Å². The summed E-state index contributed by atoms with van der Waals surface area (Å²) < 4.78 is 5.39. The van der Waals surface area contributed by atoms with Gasteiger partial charge in [-0.05, 0) is 24.5 Å². The van der Waals surface area contributed by atoms with Crippen LogP contribution in [0.1, 0.15) is 45.9 Å². The fourth-order valence-electron chi connectivity index (χ4n) is 2.45. The van der Waals surface area contributed by atoms with Gasteiger partial charge in [-0.3, -0.25) is 9.59 Å². The molecule has 0 aliphatic carbocycles. The highest BCUT2D eigenvalue weighted by molar-refractivity contribution is 5.90. The SMILES string of the molecule is CC(c1ccco1)N1CCC(=O)NC(C(C)(C)C)C1=O. The van der Waals surface area contributed by atoms with Crippen molar-refractivity contribution in [3.63, 3.8) is 0 Å². The highest BCUT2D eigenvalue weighted by Gasteiger charge is 2.39. The van der Waals surface area contributed by atoms with Crippen molar-refractivity contribution in [2.45, 2.75) is 46.2 Å². The second kappa shape index (κ2) is 5.31. The molecule has 1 aromatic heterocycles. The van der Waals surface area contributed by atoms with E-state index in [9.17, 15) is 9.59 Å². The third kappa shape index (κ3) is 2.86. The second-order valence-corrected chi connectivity index (χ2v) is 6.34. The molecule has 2 heterocycles. The number of furan rings is 1. The van der Waals surface area contributed by atoms with Crippen LogP contribution in [0.25, 0.3) is 0 Å². The quantitative estimate of drug-likeness (QED) is 0.901. The van der Waals surface area contributed by atoms with Crippen molar-refractivity contribution in [2.24, 2.45) is 5.41 Å². The lowest BCUT2D eigenvalue weighted by Crippen LogP contribution is -2.52. The number of rotatable bonds is 2. The summed E-state index contributed by atoms with van der Waals surface area (Å²) in [5.41, 5.74) is -0.321. The number of amides is 2. The molecule has 0 radical (unpaired) electrons. The molecule has 0 saturated carbocycles. The Labute approximate surface area is 119 Å². The molecule has 0 bridgehead atoms. The summed E-state index contributed by atoms with van der Waals surface area (Å²) in [5.74, 6) is 0.611. The Hall–Kier alpha value is -1.78. The number of hydrogen-bond acceptors (Lipinski definition) is 3. The molecule has 1 aliphatic rings. The Morgan fingerprint density at radius 3 is 2.65 bits per heavy atom. The average Bonchev–Trinajstić information content (AvgIpc) is 2.83. The van der Waals surface area contributed by atoms with Gasteiger partial charge < -0.3 is 14.6 Å². The highest BCUT2D eigenvalue weighted by Crippen LogP contribution is 2.28. The van der Waals surface area contributed by atoms with E-state index < -0.39 is 6.04 Å². The minimum Gasteiger partial charge on any atom is -0.467 e. The van der Waals surface area contributed by atoms with Gasteiger partial charge in [0.1, 0.15) is 11.8 Å². The van der Waals surface area contributed by atoms with Crippen molar-refractivity contribution < 1.29 is 14.0 Å². The zero-order chi connectivity index (χ0) is 14.9. The van der Waals surface area contributed by atoms with Gasteiger partial charge in [0.15, 0.2) is 0 Å². The minimum absolute atomic E-state index is 0.0488. The Morgan fingerprint density at radius 1 is 1.40 bits per heavy atom. The van der Waals surface area contributed by atoms with E-state index in [1.807, 2.05) is 33.8 Å². The maximum Gasteiger partial charge on any atom is 0.246 e. The lowest BCUT2D eigenvalue weighted by molar-refractivity contribution is -0.138. The van der Waals surface area contributed by atoms with E-state index in [0.717, 1.165) is 5.76 Å². The van der Waals surface area contributed by atoms with Gasteiger partial charge in [-0.1, -0.05) is 20.8 Å². The average molecular weight is 278 g/mol. The minimum atomic E-state index is -0.505. The predicted octanol–water partition coefficient (Wildman–Crippen LogP) is 2.10. The van der Waals surface area contributed by atoms with Crippen LogP contribution < -0.4 is 5.32 Å². The topological polar surface area (TPSA) is 62.6 Å². The third-order valence-electron chi connectivity index (χ3n) is 3.70. The van der Waals surface area contributed by atoms with Crippen LogP contribution in [0.2, 0.25) is 0 Å². The van der Waals surface area contributed by atoms with Gasteiger partial charge in [-0.2, -0.15) is 0 Å². The number of nitrogens with one attached hydrogen (secondary N) is 1. The maximum absolute atomic E-state index is 12.7. The van der Waals surface area contributed by atoms with Crippen LogP contribution >= 0.6 is 0 Å². The standard InChI is InChI=1S/C15H22N2O3/c1-10(11-6-5-9-20-11)17-8-7-12(18)16-13(14(17)19)15(2,3)4/h5-6,9-10,13H,7-8H2,1-4H3,(H,16,18). The van der Waals surface area contributed by atoms with Crippen molar-refractivity contribution in [3.8, 4) is 0 Å². The van der Waals surface area contributed by atoms with Crippen LogP contribution in [-0.4, -0.2) is 29.3 Å². The van der Waals surface area contributed by atoms with Crippen LogP contribution in [0.3, 0.4) is 0 Å². The van der Waals surface area contributed by atoms with Crippen LogP contribution in [0.4, 0.5) is 0 Å². The van der Waals surface area contributed by atoms with E-state index in [-0.39, 0.29) is 23.3 Å². The molecule has 0 spiro atoms. The summed E-state index contributed by atoms with van der Waals surface area (Å²) in [6.45, 7) is 8.20. The molecule has 1 aromatic rings. The Kier molecular flexibility index (Phi) is 3.88. The molecule has 2 atom stereocenters. The molecular weight excluding hydrogens is 256 g/mol. The molecule has 5 nitrogen and oxygen atoms in total. The van der Waals surface area contributed by atoms with E-state index in [1.165, 1.54) is 0 Å². The summed E-state index contributed by atoms with van der Waals surface area (Å²) in [6.07, 6.45) is 1.92. The molecule has 2 amide bonds. The number of carbonyl (C=O) groups excluding carboxylic acids is 2. The van der Waals surface area contributed by atoms with E-state index in [1.54, 1.807) is 17.2 Å². The lowest BCUT2D eigenvalue weighted by Gasteiger charge is -2.34. The van der Waals surface area contributed by atoms with E-state index in [0.29, 0.717) is 13.0 Å². The van der Waals surface area contributed by atoms with Crippen LogP contribution in [-0.2, 0) is 9.59 Å². The summed E-state index contributed by atoms with van der Waals surface area (Å²) in [7, 11) is 0. The summed E-state index contributed by atoms with van der Waals surface area (Å²) in [4.78, 5) is 26.3. The second-order valence-electron chi connectivity index (χ2n) is 6.34. The van der Waals surface area contributed by atoms with Gasteiger partial charge in [-0.25, -0.2) is 0 Å². The van der Waals surface area contributed by atoms with E-state index >= 15 is 0 Å². The lowest BCUT2D eigenvalue weighted by atomic mass is 9.85. The Bertz CT molecular complexity index is 488. The van der Waals surface area contributed by atoms with Gasteiger partial charge >= 0.3 is 0 Å². The molecule has 0 aromatic carbocycles. The molecule has 110 valence electrons. The summed E-state index contributed by atoms with van der Waals surface area (Å²) in [6, 6.07) is 2.98. The Morgan fingerprint density at radius 2 is 2.10 bits per heavy atom. The molecule has 2 rings (SSSR count). The van der Waals surface area contributed by atoms with Crippen molar-refractivity contribution in [3.05, 3.63) is 24.2 Å². The monoisotopic (exact) mass is 278 g/mol. The molecule has 20 heavy (non-hydrogen) atoms. The highest BCUT2D eigenvalue weighted by atomic mass is 16.3. The first kappa shape index (κ1) is 14.6. The van der Waals surface area contributed by atoms with Crippen molar-refractivity contribution in [1.82, 2.24) is 10.2 Å². The predicted molar refractivity (Wildman–Crippen MR) is 74.8 cm³/mol. The van der Waals surface area contributed by atoms with Crippen molar-refractivity contribution in [1.29, 1.82) is 0 Å². The summed E-state index contributed by atoms with van der Waals surface area (Å²) >= 11 is 0. The van der Waals surface area contributed by atoms with Crippen molar-refractivity contribution in [2.75, 3.05) is 6.54 Å². The maximum atomic E-state index is 12.7.